The van der Waals surface area contributed by atoms with Crippen LogP contribution in [0.2, 0.25) is 5.02 Å². The first-order chi connectivity index (χ1) is 14.5. The highest BCUT2D eigenvalue weighted by atomic mass is 35.5. The number of aliphatic imine (C=N–C) groups is 1. The van der Waals surface area contributed by atoms with Gasteiger partial charge in [-0.3, -0.25) is 9.79 Å². The van der Waals surface area contributed by atoms with Crippen LogP contribution < -0.4 is 5.73 Å². The summed E-state index contributed by atoms with van der Waals surface area (Å²) in [5.74, 6) is 0.673. The Bertz CT molecular complexity index is 845. The number of hydrogen-bond donors (Lipinski definition) is 2. The Hall–Kier alpha value is -2.06. The Morgan fingerprint density at radius 3 is 2.53 bits per heavy atom. The second-order valence-electron chi connectivity index (χ2n) is 5.95. The van der Waals surface area contributed by atoms with Gasteiger partial charge >= 0.3 is 0 Å². The van der Waals surface area contributed by atoms with Crippen molar-refractivity contribution >= 4 is 54.9 Å². The van der Waals surface area contributed by atoms with Gasteiger partial charge in [-0.25, -0.2) is 0 Å². The van der Waals surface area contributed by atoms with Crippen LogP contribution in [-0.2, 0) is 11.3 Å². The molecule has 2 aromatic carbocycles. The quantitative estimate of drug-likeness (QED) is 0.284. The van der Waals surface area contributed by atoms with Crippen molar-refractivity contribution in [3.05, 3.63) is 81.9 Å². The maximum absolute atomic E-state index is 12.5. The van der Waals surface area contributed by atoms with Crippen LogP contribution in [0.3, 0.4) is 0 Å². The number of thiol groups is 1. The standard InChI is InChI=1S/C16H14ClNOS.C4H8N2S.C2H4O/c17-12-7-5-11(6-8-12)9-18-10-15(20)13-3-1-2-4-14(13)16(18)19;1-6-2-3-7-4-5;1-2-3/h1-8,15,20H,9-10H2;2-3H,1,4-5H2;2H,1H3/b;3-2-;. The van der Waals surface area contributed by atoms with Crippen LogP contribution in [-0.4, -0.2) is 36.2 Å². The molecule has 1 heterocycles. The molecule has 1 aliphatic heterocycles. The highest BCUT2D eigenvalue weighted by molar-refractivity contribution is 8.02. The van der Waals surface area contributed by atoms with Gasteiger partial charge in [0.2, 0.25) is 0 Å². The molecule has 1 aliphatic rings. The van der Waals surface area contributed by atoms with E-state index in [1.165, 1.54) is 18.7 Å². The molecule has 1 atom stereocenters. The summed E-state index contributed by atoms with van der Waals surface area (Å²) in [6, 6.07) is 15.3. The lowest BCUT2D eigenvalue weighted by Gasteiger charge is -2.32. The van der Waals surface area contributed by atoms with E-state index >= 15 is 0 Å². The van der Waals surface area contributed by atoms with Crippen LogP contribution in [0.4, 0.5) is 0 Å². The fourth-order valence-corrected chi connectivity index (χ4v) is 3.46. The lowest BCUT2D eigenvalue weighted by atomic mass is 9.98. The first-order valence-corrected chi connectivity index (χ1v) is 11.1. The molecule has 0 fully saturated rings. The summed E-state index contributed by atoms with van der Waals surface area (Å²) in [5, 5.41) is 2.57. The van der Waals surface area contributed by atoms with E-state index < -0.39 is 0 Å². The number of aldehydes is 1. The number of carbonyl (C=O) groups is 2. The van der Waals surface area contributed by atoms with E-state index in [9.17, 15) is 4.79 Å². The Morgan fingerprint density at radius 1 is 1.30 bits per heavy atom. The van der Waals surface area contributed by atoms with Gasteiger partial charge < -0.3 is 15.4 Å². The maximum atomic E-state index is 12.5. The second kappa shape index (κ2) is 14.8. The number of amides is 1. The average molecular weight is 464 g/mol. The summed E-state index contributed by atoms with van der Waals surface area (Å²) < 4.78 is 0. The number of fused-ring (bicyclic) bond motifs is 1. The van der Waals surface area contributed by atoms with Crippen LogP contribution >= 0.6 is 36.0 Å². The number of carbonyl (C=O) groups excluding carboxylic acids is 2. The van der Waals surface area contributed by atoms with Crippen LogP contribution in [0, 0.1) is 0 Å². The predicted octanol–water partition coefficient (Wildman–Crippen LogP) is 4.98. The van der Waals surface area contributed by atoms with E-state index in [1.807, 2.05) is 53.4 Å². The van der Waals surface area contributed by atoms with E-state index in [2.05, 4.69) is 24.3 Å². The molecule has 5 nitrogen and oxygen atoms in total. The largest absolute Gasteiger partial charge is 0.333 e. The van der Waals surface area contributed by atoms with Gasteiger partial charge in [-0.05, 0) is 48.4 Å². The van der Waals surface area contributed by atoms with E-state index in [-0.39, 0.29) is 11.2 Å². The van der Waals surface area contributed by atoms with Gasteiger partial charge in [0, 0.05) is 41.0 Å². The molecule has 0 radical (unpaired) electrons. The minimum Gasteiger partial charge on any atom is -0.333 e. The zero-order valence-electron chi connectivity index (χ0n) is 16.8. The molecule has 30 heavy (non-hydrogen) atoms. The van der Waals surface area contributed by atoms with Crippen LogP contribution in [0.5, 0.6) is 0 Å². The molecule has 1 unspecified atom stereocenters. The van der Waals surface area contributed by atoms with Crippen LogP contribution in [0.25, 0.3) is 0 Å². The fraction of sp³-hybridized carbons (Fsp3) is 0.227. The monoisotopic (exact) mass is 463 g/mol. The van der Waals surface area contributed by atoms with Crippen molar-refractivity contribution in [2.45, 2.75) is 18.7 Å². The third-order valence-electron chi connectivity index (χ3n) is 3.88. The van der Waals surface area contributed by atoms with Gasteiger partial charge in [0.15, 0.2) is 0 Å². The van der Waals surface area contributed by atoms with E-state index in [0.29, 0.717) is 24.0 Å². The lowest BCUT2D eigenvalue weighted by molar-refractivity contribution is -0.106. The van der Waals surface area contributed by atoms with Crippen molar-refractivity contribution in [3.63, 3.8) is 0 Å². The number of nitrogens with two attached hydrogens (primary N) is 1. The maximum Gasteiger partial charge on any atom is 0.254 e. The molecule has 0 aromatic heterocycles. The number of hydrogen-bond acceptors (Lipinski definition) is 6. The summed E-state index contributed by atoms with van der Waals surface area (Å²) in [6.07, 6.45) is 2.36. The Labute approximate surface area is 192 Å². The SMILES string of the molecule is C=N/C=C\SCN.CC=O.O=C1c2ccccc2C(S)CN1Cc1ccc(Cl)cc1. The number of nitrogens with zero attached hydrogens (tertiary/aromatic N) is 2. The summed E-state index contributed by atoms with van der Waals surface area (Å²) >= 11 is 12.0. The van der Waals surface area contributed by atoms with Crippen molar-refractivity contribution in [2.24, 2.45) is 10.7 Å². The Kier molecular flexibility index (Phi) is 12.9. The molecule has 2 aromatic rings. The molecule has 0 aliphatic carbocycles. The highest BCUT2D eigenvalue weighted by Gasteiger charge is 2.28. The van der Waals surface area contributed by atoms with Crippen molar-refractivity contribution in [3.8, 4) is 0 Å². The molecule has 160 valence electrons. The molecule has 0 saturated carbocycles. The summed E-state index contributed by atoms with van der Waals surface area (Å²) in [7, 11) is 0. The van der Waals surface area contributed by atoms with Crippen LogP contribution in [0.1, 0.15) is 33.7 Å². The smallest absolute Gasteiger partial charge is 0.254 e. The fourth-order valence-electron chi connectivity index (χ4n) is 2.63. The minimum atomic E-state index is 0.0659. The first-order valence-electron chi connectivity index (χ1n) is 9.11. The molecule has 8 heteroatoms. The first kappa shape index (κ1) is 26.0. The second-order valence-corrected chi connectivity index (χ2v) is 7.95. The topological polar surface area (TPSA) is 75.8 Å². The van der Waals surface area contributed by atoms with E-state index in [4.69, 9.17) is 22.1 Å². The number of thioether (sulfide) groups is 1. The predicted molar refractivity (Wildman–Crippen MR) is 131 cm³/mol. The zero-order valence-corrected chi connectivity index (χ0v) is 19.2. The number of benzene rings is 2. The van der Waals surface area contributed by atoms with Crippen molar-refractivity contribution in [2.75, 3.05) is 12.4 Å². The average Bonchev–Trinajstić information content (AvgIpc) is 2.75. The van der Waals surface area contributed by atoms with Gasteiger partial charge in [-0.2, -0.15) is 12.6 Å². The molecular weight excluding hydrogens is 438 g/mol. The Balaban J connectivity index is 0.000000380. The van der Waals surface area contributed by atoms with E-state index in [0.717, 1.165) is 23.0 Å². The van der Waals surface area contributed by atoms with Crippen molar-refractivity contribution in [1.82, 2.24) is 4.90 Å². The summed E-state index contributed by atoms with van der Waals surface area (Å²) in [6.45, 7) is 5.90. The highest BCUT2D eigenvalue weighted by Crippen LogP contribution is 2.31. The van der Waals surface area contributed by atoms with Crippen molar-refractivity contribution in [1.29, 1.82) is 0 Å². The lowest BCUT2D eigenvalue weighted by Crippen LogP contribution is -2.38. The molecule has 2 N–H and O–H groups in total. The normalized spacial score (nSPS) is 14.7. The molecule has 0 bridgehead atoms. The third-order valence-corrected chi connectivity index (χ3v) is 5.08. The van der Waals surface area contributed by atoms with Gasteiger partial charge in [0.05, 0.1) is 0 Å². The molecular formula is C22H26ClN3O2S2. The van der Waals surface area contributed by atoms with Gasteiger partial charge in [-0.1, -0.05) is 41.9 Å². The zero-order chi connectivity index (χ0) is 22.4. The van der Waals surface area contributed by atoms with Gasteiger partial charge in [-0.15, -0.1) is 11.8 Å². The summed E-state index contributed by atoms with van der Waals surface area (Å²) in [4.78, 5) is 26.6. The Morgan fingerprint density at radius 2 is 1.93 bits per heavy atom. The molecule has 3 rings (SSSR count). The molecule has 0 saturated heterocycles. The summed E-state index contributed by atoms with van der Waals surface area (Å²) in [5.41, 5.74) is 7.97. The van der Waals surface area contributed by atoms with Crippen molar-refractivity contribution < 1.29 is 9.59 Å². The third kappa shape index (κ3) is 8.75. The number of halogens is 1. The molecule has 1 amide bonds. The molecule has 0 spiro atoms. The van der Waals surface area contributed by atoms with Gasteiger partial charge in [0.25, 0.3) is 5.91 Å². The van der Waals surface area contributed by atoms with E-state index in [1.54, 1.807) is 11.6 Å². The van der Waals surface area contributed by atoms with Crippen LogP contribution in [0.15, 0.2) is 65.1 Å². The minimum absolute atomic E-state index is 0.0659. The number of rotatable bonds is 5. The van der Waals surface area contributed by atoms with Gasteiger partial charge in [0.1, 0.15) is 6.29 Å².